The van der Waals surface area contributed by atoms with Crippen LogP contribution in [0.3, 0.4) is 0 Å². The van der Waals surface area contributed by atoms with Gasteiger partial charge in [-0.1, -0.05) is 13.0 Å². The summed E-state index contributed by atoms with van der Waals surface area (Å²) in [5.74, 6) is -3.43. The SMILES string of the molecule is C=CC(C)(C)C(=O)C(C)COC(=O)C(F)(F)F. The summed E-state index contributed by atoms with van der Waals surface area (Å²) in [6.45, 7) is 7.45. The van der Waals surface area contributed by atoms with Gasteiger partial charge in [0.1, 0.15) is 12.4 Å². The number of rotatable bonds is 5. The third-order valence-corrected chi connectivity index (χ3v) is 2.29. The Morgan fingerprint density at radius 3 is 2.18 bits per heavy atom. The van der Waals surface area contributed by atoms with Crippen molar-refractivity contribution in [2.24, 2.45) is 11.3 Å². The Kier molecular flexibility index (Phi) is 4.92. The molecule has 0 heterocycles. The Hall–Kier alpha value is -1.33. The van der Waals surface area contributed by atoms with Crippen molar-refractivity contribution in [3.05, 3.63) is 12.7 Å². The van der Waals surface area contributed by atoms with Gasteiger partial charge in [0.2, 0.25) is 0 Å². The van der Waals surface area contributed by atoms with E-state index in [0.29, 0.717) is 0 Å². The summed E-state index contributed by atoms with van der Waals surface area (Å²) in [5, 5.41) is 0. The molecule has 0 aliphatic heterocycles. The van der Waals surface area contributed by atoms with Crippen molar-refractivity contribution in [1.29, 1.82) is 0 Å². The largest absolute Gasteiger partial charge is 0.490 e. The summed E-state index contributed by atoms with van der Waals surface area (Å²) in [4.78, 5) is 22.1. The van der Waals surface area contributed by atoms with E-state index in [4.69, 9.17) is 0 Å². The molecule has 1 unspecified atom stereocenters. The molecule has 1 atom stereocenters. The Labute approximate surface area is 97.6 Å². The van der Waals surface area contributed by atoms with Crippen LogP contribution < -0.4 is 0 Å². The first-order valence-electron chi connectivity index (χ1n) is 4.94. The maximum absolute atomic E-state index is 11.8. The fourth-order valence-corrected chi connectivity index (χ4v) is 1.09. The monoisotopic (exact) mass is 252 g/mol. The summed E-state index contributed by atoms with van der Waals surface area (Å²) in [5.41, 5.74) is -0.857. The highest BCUT2D eigenvalue weighted by molar-refractivity contribution is 5.88. The van der Waals surface area contributed by atoms with Gasteiger partial charge in [-0.2, -0.15) is 13.2 Å². The minimum absolute atomic E-state index is 0.331. The van der Waals surface area contributed by atoms with E-state index in [9.17, 15) is 22.8 Å². The highest BCUT2D eigenvalue weighted by Crippen LogP contribution is 2.23. The van der Waals surface area contributed by atoms with Crippen LogP contribution in [-0.2, 0) is 14.3 Å². The molecule has 0 aliphatic rings. The molecule has 0 fully saturated rings. The Morgan fingerprint density at radius 1 is 1.35 bits per heavy atom. The van der Waals surface area contributed by atoms with Gasteiger partial charge in [-0.3, -0.25) is 4.79 Å². The second-order valence-corrected chi connectivity index (χ2v) is 4.29. The molecule has 6 heteroatoms. The summed E-state index contributed by atoms with van der Waals surface area (Å²) < 4.78 is 39.5. The normalized spacial score (nSPS) is 14.0. The number of allylic oxidation sites excluding steroid dienone is 1. The summed E-state index contributed by atoms with van der Waals surface area (Å²) >= 11 is 0. The van der Waals surface area contributed by atoms with Crippen molar-refractivity contribution in [2.45, 2.75) is 26.9 Å². The van der Waals surface area contributed by atoms with Gasteiger partial charge in [0.15, 0.2) is 0 Å². The predicted octanol–water partition coefficient (Wildman–Crippen LogP) is 2.51. The molecule has 17 heavy (non-hydrogen) atoms. The van der Waals surface area contributed by atoms with Crippen molar-refractivity contribution in [1.82, 2.24) is 0 Å². The highest BCUT2D eigenvalue weighted by atomic mass is 19.4. The van der Waals surface area contributed by atoms with Crippen molar-refractivity contribution in [3.63, 3.8) is 0 Å². The molecule has 0 aromatic carbocycles. The van der Waals surface area contributed by atoms with E-state index < -0.39 is 30.1 Å². The Morgan fingerprint density at radius 2 is 1.82 bits per heavy atom. The standard InChI is InChI=1S/C11H15F3O3/c1-5-10(3,4)8(15)7(2)6-17-9(16)11(12,13)14/h5,7H,1,6H2,2-4H3. The molecule has 98 valence electrons. The van der Waals surface area contributed by atoms with Crippen LogP contribution in [0.2, 0.25) is 0 Å². The van der Waals surface area contributed by atoms with Crippen LogP contribution in [0.5, 0.6) is 0 Å². The lowest BCUT2D eigenvalue weighted by Crippen LogP contribution is -2.33. The van der Waals surface area contributed by atoms with Crippen molar-refractivity contribution in [2.75, 3.05) is 6.61 Å². The summed E-state index contributed by atoms with van der Waals surface area (Å²) in [6.07, 6.45) is -3.63. The molecule has 0 N–H and O–H groups in total. The molecule has 0 saturated heterocycles. The first-order chi connectivity index (χ1) is 7.52. The van der Waals surface area contributed by atoms with Gasteiger partial charge in [0.25, 0.3) is 0 Å². The van der Waals surface area contributed by atoms with E-state index in [0.717, 1.165) is 0 Å². The first-order valence-corrected chi connectivity index (χ1v) is 4.94. The number of hydrogen-bond acceptors (Lipinski definition) is 3. The quantitative estimate of drug-likeness (QED) is 0.557. The minimum Gasteiger partial charge on any atom is -0.458 e. The molecule has 0 aromatic heterocycles. The van der Waals surface area contributed by atoms with Gasteiger partial charge in [0.05, 0.1) is 0 Å². The zero-order chi connectivity index (χ0) is 13.9. The number of halogens is 3. The third-order valence-electron chi connectivity index (χ3n) is 2.29. The lowest BCUT2D eigenvalue weighted by molar-refractivity contribution is -0.200. The summed E-state index contributed by atoms with van der Waals surface area (Å²) in [7, 11) is 0. The molecule has 3 nitrogen and oxygen atoms in total. The molecule has 0 amide bonds. The molecular weight excluding hydrogens is 237 g/mol. The second-order valence-electron chi connectivity index (χ2n) is 4.29. The number of hydrogen-bond donors (Lipinski definition) is 0. The molecule has 0 aromatic rings. The number of carbonyl (C=O) groups is 2. The average molecular weight is 252 g/mol. The number of esters is 1. The van der Waals surface area contributed by atoms with Gasteiger partial charge in [0, 0.05) is 11.3 Å². The van der Waals surface area contributed by atoms with Crippen LogP contribution >= 0.6 is 0 Å². The van der Waals surface area contributed by atoms with E-state index >= 15 is 0 Å². The predicted molar refractivity (Wildman–Crippen MR) is 55.2 cm³/mol. The van der Waals surface area contributed by atoms with Crippen LogP contribution in [-0.4, -0.2) is 24.5 Å². The fourth-order valence-electron chi connectivity index (χ4n) is 1.09. The maximum atomic E-state index is 11.8. The smallest absolute Gasteiger partial charge is 0.458 e. The number of alkyl halides is 3. The number of ketones is 1. The van der Waals surface area contributed by atoms with Gasteiger partial charge in [-0.15, -0.1) is 6.58 Å². The lowest BCUT2D eigenvalue weighted by atomic mass is 9.82. The van der Waals surface area contributed by atoms with Crippen molar-refractivity contribution >= 4 is 11.8 Å². The van der Waals surface area contributed by atoms with E-state index in [1.807, 2.05) is 0 Å². The van der Waals surface area contributed by atoms with Crippen molar-refractivity contribution < 1.29 is 27.5 Å². The molecule has 0 spiro atoms. The van der Waals surface area contributed by atoms with Gasteiger partial charge in [-0.05, 0) is 13.8 Å². The van der Waals surface area contributed by atoms with E-state index in [2.05, 4.69) is 11.3 Å². The third kappa shape index (κ3) is 4.58. The second kappa shape index (κ2) is 5.33. The van der Waals surface area contributed by atoms with E-state index in [1.165, 1.54) is 13.0 Å². The zero-order valence-electron chi connectivity index (χ0n) is 9.93. The zero-order valence-corrected chi connectivity index (χ0v) is 9.93. The fraction of sp³-hybridized carbons (Fsp3) is 0.636. The molecule has 0 aliphatic carbocycles. The number of ether oxygens (including phenoxy) is 1. The lowest BCUT2D eigenvalue weighted by Gasteiger charge is -2.22. The van der Waals surface area contributed by atoms with Crippen LogP contribution in [0.4, 0.5) is 13.2 Å². The van der Waals surface area contributed by atoms with Gasteiger partial charge < -0.3 is 4.74 Å². The maximum Gasteiger partial charge on any atom is 0.490 e. The minimum atomic E-state index is -5.03. The average Bonchev–Trinajstić information content (AvgIpc) is 2.22. The topological polar surface area (TPSA) is 43.4 Å². The van der Waals surface area contributed by atoms with Crippen molar-refractivity contribution in [3.8, 4) is 0 Å². The van der Waals surface area contributed by atoms with E-state index in [1.54, 1.807) is 13.8 Å². The van der Waals surface area contributed by atoms with E-state index in [-0.39, 0.29) is 5.78 Å². The Bertz CT molecular complexity index is 318. The van der Waals surface area contributed by atoms with Crippen LogP contribution in [0.15, 0.2) is 12.7 Å². The van der Waals surface area contributed by atoms with Crippen LogP contribution in [0.25, 0.3) is 0 Å². The molecule has 0 bridgehead atoms. The van der Waals surface area contributed by atoms with Crippen LogP contribution in [0, 0.1) is 11.3 Å². The summed E-state index contributed by atoms with van der Waals surface area (Å²) in [6, 6.07) is 0. The Balaban J connectivity index is 4.39. The first kappa shape index (κ1) is 15.7. The molecule has 0 radical (unpaired) electrons. The number of carbonyl (C=O) groups excluding carboxylic acids is 2. The van der Waals surface area contributed by atoms with Gasteiger partial charge in [-0.25, -0.2) is 4.79 Å². The molecule has 0 rings (SSSR count). The molecule has 0 saturated carbocycles. The highest BCUT2D eigenvalue weighted by Gasteiger charge is 2.41. The van der Waals surface area contributed by atoms with Gasteiger partial charge >= 0.3 is 12.1 Å². The number of Topliss-reactive ketones (excluding diaryl/α,β-unsaturated/α-hetero) is 1. The molecular formula is C11H15F3O3. The van der Waals surface area contributed by atoms with Crippen LogP contribution in [0.1, 0.15) is 20.8 Å².